The highest BCUT2D eigenvalue weighted by atomic mass is 32.1. The lowest BCUT2D eigenvalue weighted by atomic mass is 10.1. The Bertz CT molecular complexity index is 802. The van der Waals surface area contributed by atoms with Gasteiger partial charge in [-0.2, -0.15) is 0 Å². The number of nitrogens with one attached hydrogen (secondary N) is 1. The van der Waals surface area contributed by atoms with Crippen LogP contribution in [0, 0.1) is 5.82 Å². The monoisotopic (exact) mass is 345 g/mol. The van der Waals surface area contributed by atoms with Crippen molar-refractivity contribution in [2.75, 3.05) is 6.54 Å². The van der Waals surface area contributed by atoms with Crippen molar-refractivity contribution in [1.82, 2.24) is 15.5 Å². The fourth-order valence-corrected chi connectivity index (χ4v) is 2.85. The normalized spacial score (nSPS) is 10.7. The number of aromatic nitrogens is 2. The van der Waals surface area contributed by atoms with Crippen LogP contribution in [-0.4, -0.2) is 22.6 Å². The van der Waals surface area contributed by atoms with Crippen molar-refractivity contribution < 1.29 is 13.6 Å². The Morgan fingerprint density at radius 2 is 2.04 bits per heavy atom. The van der Waals surface area contributed by atoms with Crippen LogP contribution < -0.4 is 5.32 Å². The van der Waals surface area contributed by atoms with Crippen molar-refractivity contribution in [2.45, 2.75) is 19.3 Å². The number of nitrogens with zero attached hydrogens (tertiary/aromatic N) is 2. The van der Waals surface area contributed by atoms with Crippen LogP contribution in [0.25, 0.3) is 10.8 Å². The van der Waals surface area contributed by atoms with Crippen LogP contribution in [0.15, 0.2) is 46.2 Å². The zero-order valence-corrected chi connectivity index (χ0v) is 13.7. The fraction of sp³-hybridized carbons (Fsp3) is 0.235. The third-order valence-electron chi connectivity index (χ3n) is 3.44. The predicted octanol–water partition coefficient (Wildman–Crippen LogP) is 3.23. The second-order valence-corrected chi connectivity index (χ2v) is 6.12. The van der Waals surface area contributed by atoms with Gasteiger partial charge in [0.2, 0.25) is 11.8 Å². The van der Waals surface area contributed by atoms with Crippen LogP contribution in [-0.2, 0) is 17.6 Å². The minimum Gasteiger partial charge on any atom is -0.420 e. The molecule has 0 aliphatic carbocycles. The number of aryl methyl sites for hydroxylation is 1. The quantitative estimate of drug-likeness (QED) is 0.714. The van der Waals surface area contributed by atoms with Gasteiger partial charge in [0, 0.05) is 19.4 Å². The van der Waals surface area contributed by atoms with E-state index in [0.717, 1.165) is 4.88 Å². The van der Waals surface area contributed by atoms with Gasteiger partial charge in [0.15, 0.2) is 0 Å². The second-order valence-electron chi connectivity index (χ2n) is 5.17. The van der Waals surface area contributed by atoms with Gasteiger partial charge in [-0.3, -0.25) is 4.79 Å². The van der Waals surface area contributed by atoms with Crippen LogP contribution in [0.4, 0.5) is 4.39 Å². The lowest BCUT2D eigenvalue weighted by Gasteiger charge is -2.05. The van der Waals surface area contributed by atoms with Gasteiger partial charge in [-0.25, -0.2) is 4.39 Å². The number of hydrogen-bond acceptors (Lipinski definition) is 5. The first-order valence-electron chi connectivity index (χ1n) is 7.59. The molecule has 1 aromatic carbocycles. The van der Waals surface area contributed by atoms with E-state index in [4.69, 9.17) is 4.42 Å². The zero-order chi connectivity index (χ0) is 16.8. The fourth-order valence-electron chi connectivity index (χ4n) is 2.20. The lowest BCUT2D eigenvalue weighted by Crippen LogP contribution is -2.26. The molecule has 0 saturated heterocycles. The minimum absolute atomic E-state index is 0.123. The molecule has 2 aromatic heterocycles. The molecule has 2 heterocycles. The number of carbonyl (C=O) groups is 1. The predicted molar refractivity (Wildman–Crippen MR) is 89.0 cm³/mol. The first kappa shape index (κ1) is 16.3. The van der Waals surface area contributed by atoms with Gasteiger partial charge in [-0.1, -0.05) is 24.3 Å². The maximum absolute atomic E-state index is 13.5. The van der Waals surface area contributed by atoms with Crippen LogP contribution >= 0.6 is 11.3 Å². The van der Waals surface area contributed by atoms with Gasteiger partial charge < -0.3 is 9.73 Å². The maximum Gasteiger partial charge on any atom is 0.257 e. The number of halogens is 1. The lowest BCUT2D eigenvalue weighted by molar-refractivity contribution is -0.121. The highest BCUT2D eigenvalue weighted by Crippen LogP contribution is 2.23. The van der Waals surface area contributed by atoms with E-state index in [9.17, 15) is 9.18 Å². The largest absolute Gasteiger partial charge is 0.420 e. The van der Waals surface area contributed by atoms with E-state index in [-0.39, 0.29) is 18.1 Å². The van der Waals surface area contributed by atoms with Crippen molar-refractivity contribution in [3.63, 3.8) is 0 Å². The summed E-state index contributed by atoms with van der Waals surface area (Å²) in [5.74, 6) is 0.531. The summed E-state index contributed by atoms with van der Waals surface area (Å²) in [4.78, 5) is 12.7. The smallest absolute Gasteiger partial charge is 0.257 e. The molecule has 0 aliphatic heterocycles. The molecule has 1 N–H and O–H groups in total. The van der Waals surface area contributed by atoms with Crippen molar-refractivity contribution in [1.29, 1.82) is 0 Å². The van der Waals surface area contributed by atoms with Crippen molar-refractivity contribution in [3.05, 3.63) is 59.0 Å². The first-order chi connectivity index (χ1) is 11.7. The number of rotatable bonds is 7. The molecule has 124 valence electrons. The van der Waals surface area contributed by atoms with E-state index in [0.29, 0.717) is 36.7 Å². The molecule has 0 radical (unpaired) electrons. The third kappa shape index (κ3) is 4.26. The van der Waals surface area contributed by atoms with Crippen LogP contribution in [0.3, 0.4) is 0 Å². The molecule has 5 nitrogen and oxygen atoms in total. The van der Waals surface area contributed by atoms with Gasteiger partial charge in [0.05, 0.1) is 4.88 Å². The SMILES string of the molecule is O=C(CCc1nnc(-c2cccs2)o1)NCCc1ccccc1F. The van der Waals surface area contributed by atoms with Crippen LogP contribution in [0.5, 0.6) is 0 Å². The number of carbonyl (C=O) groups excluding carboxylic acids is 1. The molecule has 0 saturated carbocycles. The minimum atomic E-state index is -0.251. The molecule has 24 heavy (non-hydrogen) atoms. The number of amides is 1. The molecule has 3 rings (SSSR count). The summed E-state index contributed by atoms with van der Waals surface area (Å²) < 4.78 is 19.0. The van der Waals surface area contributed by atoms with Crippen molar-refractivity contribution in [3.8, 4) is 10.8 Å². The van der Waals surface area contributed by atoms with E-state index in [1.165, 1.54) is 17.4 Å². The number of thiophene rings is 1. The maximum atomic E-state index is 13.5. The summed E-state index contributed by atoms with van der Waals surface area (Å²) in [5.41, 5.74) is 0.593. The van der Waals surface area contributed by atoms with E-state index >= 15 is 0 Å². The highest BCUT2D eigenvalue weighted by molar-refractivity contribution is 7.13. The Morgan fingerprint density at radius 3 is 2.83 bits per heavy atom. The third-order valence-corrected chi connectivity index (χ3v) is 4.30. The molecule has 0 fully saturated rings. The Labute approximate surface area is 142 Å². The number of benzene rings is 1. The van der Waals surface area contributed by atoms with E-state index < -0.39 is 0 Å². The molecule has 1 amide bonds. The summed E-state index contributed by atoms with van der Waals surface area (Å²) >= 11 is 1.52. The summed E-state index contributed by atoms with van der Waals surface area (Å²) in [5, 5.41) is 12.6. The Morgan fingerprint density at radius 1 is 1.17 bits per heavy atom. The van der Waals surface area contributed by atoms with Gasteiger partial charge in [-0.05, 0) is 29.5 Å². The van der Waals surface area contributed by atoms with Gasteiger partial charge in [0.1, 0.15) is 5.82 Å². The topological polar surface area (TPSA) is 68.0 Å². The number of hydrogen-bond donors (Lipinski definition) is 1. The van der Waals surface area contributed by atoms with Gasteiger partial charge in [0.25, 0.3) is 5.89 Å². The Hall–Kier alpha value is -2.54. The molecule has 3 aromatic rings. The Kier molecular flexibility index (Phi) is 5.32. The summed E-state index contributed by atoms with van der Waals surface area (Å²) in [7, 11) is 0. The molecule has 7 heteroatoms. The first-order valence-corrected chi connectivity index (χ1v) is 8.46. The average Bonchev–Trinajstić information content (AvgIpc) is 3.26. The van der Waals surface area contributed by atoms with Crippen molar-refractivity contribution >= 4 is 17.2 Å². The van der Waals surface area contributed by atoms with E-state index in [2.05, 4.69) is 15.5 Å². The van der Waals surface area contributed by atoms with E-state index in [1.54, 1.807) is 18.2 Å². The molecular formula is C17H16FN3O2S. The highest BCUT2D eigenvalue weighted by Gasteiger charge is 2.11. The molecule has 0 spiro atoms. The molecule has 0 aliphatic rings. The Balaban J connectivity index is 1.42. The van der Waals surface area contributed by atoms with Crippen molar-refractivity contribution in [2.24, 2.45) is 0 Å². The van der Waals surface area contributed by atoms with Crippen LogP contribution in [0.2, 0.25) is 0 Å². The summed E-state index contributed by atoms with van der Waals surface area (Å²) in [6.07, 6.45) is 1.09. The molecule has 0 atom stereocenters. The summed E-state index contributed by atoms with van der Waals surface area (Å²) in [6.45, 7) is 0.393. The second kappa shape index (κ2) is 7.83. The molecular weight excluding hydrogens is 329 g/mol. The van der Waals surface area contributed by atoms with E-state index in [1.807, 2.05) is 17.5 Å². The molecule has 0 bridgehead atoms. The standard InChI is InChI=1S/C17H16FN3O2S/c18-13-5-2-1-4-12(13)9-10-19-15(22)7-8-16-20-21-17(23-16)14-6-3-11-24-14/h1-6,11H,7-10H2,(H,19,22). The van der Waals surface area contributed by atoms with Crippen LogP contribution in [0.1, 0.15) is 17.9 Å². The van der Waals surface area contributed by atoms with Gasteiger partial charge >= 0.3 is 0 Å². The summed E-state index contributed by atoms with van der Waals surface area (Å²) in [6, 6.07) is 10.4. The average molecular weight is 345 g/mol. The molecule has 0 unspecified atom stereocenters. The van der Waals surface area contributed by atoms with Gasteiger partial charge in [-0.15, -0.1) is 21.5 Å². The zero-order valence-electron chi connectivity index (χ0n) is 12.9.